The van der Waals surface area contributed by atoms with Crippen LogP contribution in [-0.4, -0.2) is 12.6 Å². The molecule has 0 spiro atoms. The van der Waals surface area contributed by atoms with E-state index in [9.17, 15) is 9.18 Å². The first-order valence-corrected chi connectivity index (χ1v) is 6.96. The summed E-state index contributed by atoms with van der Waals surface area (Å²) in [5.41, 5.74) is 2.87. The molecule has 0 aliphatic heterocycles. The van der Waals surface area contributed by atoms with Crippen LogP contribution < -0.4 is 10.6 Å². The molecule has 0 fully saturated rings. The van der Waals surface area contributed by atoms with Gasteiger partial charge in [0, 0.05) is 18.7 Å². The molecule has 2 rings (SSSR count). The van der Waals surface area contributed by atoms with E-state index in [1.54, 1.807) is 18.2 Å². The van der Waals surface area contributed by atoms with Gasteiger partial charge in [0.2, 0.25) is 0 Å². The van der Waals surface area contributed by atoms with Gasteiger partial charge in [-0.1, -0.05) is 48.0 Å². The third-order valence-electron chi connectivity index (χ3n) is 3.22. The SMILES string of the molecule is Cc1ccc(CCNC(=O)NCc2ccccc2F)cc1. The molecular weight excluding hydrogens is 267 g/mol. The maximum absolute atomic E-state index is 13.4. The number of benzene rings is 2. The van der Waals surface area contributed by atoms with E-state index in [1.165, 1.54) is 17.2 Å². The topological polar surface area (TPSA) is 41.1 Å². The van der Waals surface area contributed by atoms with Crippen LogP contribution in [0.25, 0.3) is 0 Å². The van der Waals surface area contributed by atoms with Crippen molar-refractivity contribution in [3.05, 3.63) is 71.0 Å². The van der Waals surface area contributed by atoms with Crippen LogP contribution in [0.5, 0.6) is 0 Å². The van der Waals surface area contributed by atoms with E-state index in [4.69, 9.17) is 0 Å². The number of nitrogens with one attached hydrogen (secondary N) is 2. The van der Waals surface area contributed by atoms with Gasteiger partial charge < -0.3 is 10.6 Å². The van der Waals surface area contributed by atoms with Gasteiger partial charge in [0.1, 0.15) is 5.82 Å². The lowest BCUT2D eigenvalue weighted by Gasteiger charge is -2.08. The van der Waals surface area contributed by atoms with Crippen molar-refractivity contribution in [2.24, 2.45) is 0 Å². The van der Waals surface area contributed by atoms with Crippen LogP contribution in [0.15, 0.2) is 48.5 Å². The van der Waals surface area contributed by atoms with Crippen LogP contribution >= 0.6 is 0 Å². The minimum Gasteiger partial charge on any atom is -0.338 e. The average molecular weight is 286 g/mol. The number of urea groups is 1. The monoisotopic (exact) mass is 286 g/mol. The van der Waals surface area contributed by atoms with Crippen molar-refractivity contribution in [2.45, 2.75) is 19.9 Å². The van der Waals surface area contributed by atoms with Crippen LogP contribution in [0.1, 0.15) is 16.7 Å². The third kappa shape index (κ3) is 4.91. The molecule has 2 amide bonds. The predicted octanol–water partition coefficient (Wildman–Crippen LogP) is 3.18. The van der Waals surface area contributed by atoms with Crippen LogP contribution in [0, 0.1) is 12.7 Å². The second-order valence-electron chi connectivity index (χ2n) is 4.94. The minimum absolute atomic E-state index is 0.184. The van der Waals surface area contributed by atoms with Gasteiger partial charge in [0.15, 0.2) is 0 Å². The molecule has 0 unspecified atom stereocenters. The molecule has 110 valence electrons. The molecule has 0 radical (unpaired) electrons. The first kappa shape index (κ1) is 15.0. The summed E-state index contributed by atoms with van der Waals surface area (Å²) in [7, 11) is 0. The van der Waals surface area contributed by atoms with Gasteiger partial charge >= 0.3 is 6.03 Å². The molecule has 4 heteroatoms. The summed E-state index contributed by atoms with van der Waals surface area (Å²) in [5.74, 6) is -0.308. The molecule has 0 saturated heterocycles. The van der Waals surface area contributed by atoms with Crippen LogP contribution in [-0.2, 0) is 13.0 Å². The zero-order valence-corrected chi connectivity index (χ0v) is 12.0. The van der Waals surface area contributed by atoms with Gasteiger partial charge in [-0.2, -0.15) is 0 Å². The van der Waals surface area contributed by atoms with E-state index in [0.717, 1.165) is 6.42 Å². The lowest BCUT2D eigenvalue weighted by molar-refractivity contribution is 0.240. The molecular formula is C17H19FN2O. The van der Waals surface area contributed by atoms with Crippen molar-refractivity contribution in [1.82, 2.24) is 10.6 Å². The summed E-state index contributed by atoms with van der Waals surface area (Å²) < 4.78 is 13.4. The Kier molecular flexibility index (Phi) is 5.32. The highest BCUT2D eigenvalue weighted by Crippen LogP contribution is 2.05. The van der Waals surface area contributed by atoms with Crippen molar-refractivity contribution in [2.75, 3.05) is 6.54 Å². The van der Waals surface area contributed by atoms with Crippen molar-refractivity contribution in [3.8, 4) is 0 Å². The fourth-order valence-electron chi connectivity index (χ4n) is 1.95. The fourth-order valence-corrected chi connectivity index (χ4v) is 1.95. The lowest BCUT2D eigenvalue weighted by atomic mass is 10.1. The van der Waals surface area contributed by atoms with E-state index in [2.05, 4.69) is 10.6 Å². The Bertz CT molecular complexity index is 596. The zero-order valence-electron chi connectivity index (χ0n) is 12.0. The molecule has 2 aromatic carbocycles. The second kappa shape index (κ2) is 7.43. The Morgan fingerprint density at radius 3 is 2.48 bits per heavy atom. The number of carbonyl (C=O) groups excluding carboxylic acids is 1. The maximum atomic E-state index is 13.4. The van der Waals surface area contributed by atoms with Gasteiger partial charge in [-0.05, 0) is 25.0 Å². The summed E-state index contributed by atoms with van der Waals surface area (Å²) in [6, 6.07) is 14.3. The molecule has 0 aromatic heterocycles. The summed E-state index contributed by atoms with van der Waals surface area (Å²) in [4.78, 5) is 11.6. The van der Waals surface area contributed by atoms with Crippen molar-refractivity contribution < 1.29 is 9.18 Å². The zero-order chi connectivity index (χ0) is 15.1. The average Bonchev–Trinajstić information content (AvgIpc) is 2.48. The predicted molar refractivity (Wildman–Crippen MR) is 81.5 cm³/mol. The number of rotatable bonds is 5. The summed E-state index contributed by atoms with van der Waals surface area (Å²) >= 11 is 0. The highest BCUT2D eigenvalue weighted by Gasteiger charge is 2.03. The van der Waals surface area contributed by atoms with Crippen LogP contribution in [0.2, 0.25) is 0 Å². The molecule has 0 atom stereocenters. The maximum Gasteiger partial charge on any atom is 0.315 e. The number of hydrogen-bond donors (Lipinski definition) is 2. The summed E-state index contributed by atoms with van der Waals surface area (Å²) in [6.45, 7) is 2.77. The number of carbonyl (C=O) groups is 1. The third-order valence-corrected chi connectivity index (χ3v) is 3.22. The summed E-state index contributed by atoms with van der Waals surface area (Å²) in [5, 5.41) is 5.41. The first-order valence-electron chi connectivity index (χ1n) is 6.96. The fraction of sp³-hybridized carbons (Fsp3) is 0.235. The van der Waals surface area contributed by atoms with Crippen molar-refractivity contribution in [3.63, 3.8) is 0 Å². The number of hydrogen-bond acceptors (Lipinski definition) is 1. The van der Waals surface area contributed by atoms with E-state index in [0.29, 0.717) is 12.1 Å². The molecule has 2 N–H and O–H groups in total. The van der Waals surface area contributed by atoms with E-state index >= 15 is 0 Å². The summed E-state index contributed by atoms with van der Waals surface area (Å²) in [6.07, 6.45) is 0.771. The highest BCUT2D eigenvalue weighted by molar-refractivity contribution is 5.73. The molecule has 2 aromatic rings. The van der Waals surface area contributed by atoms with Gasteiger partial charge in [0.05, 0.1) is 0 Å². The Balaban J connectivity index is 1.70. The Morgan fingerprint density at radius 1 is 1.05 bits per heavy atom. The van der Waals surface area contributed by atoms with E-state index in [-0.39, 0.29) is 18.4 Å². The van der Waals surface area contributed by atoms with Gasteiger partial charge in [-0.25, -0.2) is 9.18 Å². The van der Waals surface area contributed by atoms with E-state index in [1.807, 2.05) is 31.2 Å². The van der Waals surface area contributed by atoms with Crippen LogP contribution in [0.3, 0.4) is 0 Å². The number of aryl methyl sites for hydroxylation is 1. The largest absolute Gasteiger partial charge is 0.338 e. The Hall–Kier alpha value is -2.36. The quantitative estimate of drug-likeness (QED) is 0.871. The van der Waals surface area contributed by atoms with Crippen LogP contribution in [0.4, 0.5) is 9.18 Å². The standard InChI is InChI=1S/C17H19FN2O/c1-13-6-8-14(9-7-13)10-11-19-17(21)20-12-15-4-2-3-5-16(15)18/h2-9H,10-12H2,1H3,(H2,19,20,21). The number of halogens is 1. The molecule has 0 aliphatic carbocycles. The molecule has 0 saturated carbocycles. The van der Waals surface area contributed by atoms with Gasteiger partial charge in [0.25, 0.3) is 0 Å². The second-order valence-corrected chi connectivity index (χ2v) is 4.94. The molecule has 0 aliphatic rings. The molecule has 21 heavy (non-hydrogen) atoms. The smallest absolute Gasteiger partial charge is 0.315 e. The minimum atomic E-state index is -0.308. The van der Waals surface area contributed by atoms with Crippen molar-refractivity contribution in [1.29, 1.82) is 0 Å². The highest BCUT2D eigenvalue weighted by atomic mass is 19.1. The molecule has 3 nitrogen and oxygen atoms in total. The normalized spacial score (nSPS) is 10.2. The first-order chi connectivity index (χ1) is 10.1. The molecule has 0 heterocycles. The number of amides is 2. The Labute approximate surface area is 124 Å². The van der Waals surface area contributed by atoms with Gasteiger partial charge in [-0.3, -0.25) is 0 Å². The van der Waals surface area contributed by atoms with E-state index < -0.39 is 0 Å². The van der Waals surface area contributed by atoms with Gasteiger partial charge in [-0.15, -0.1) is 0 Å². The lowest BCUT2D eigenvalue weighted by Crippen LogP contribution is -2.36. The Morgan fingerprint density at radius 2 is 1.76 bits per heavy atom. The molecule has 0 bridgehead atoms. The van der Waals surface area contributed by atoms with Crippen molar-refractivity contribution >= 4 is 6.03 Å².